The number of hydrogen-bond acceptors (Lipinski definition) is 4. The molecule has 5 nitrogen and oxygen atoms in total. The van der Waals surface area contributed by atoms with Gasteiger partial charge in [-0.3, -0.25) is 9.88 Å². The summed E-state index contributed by atoms with van der Waals surface area (Å²) in [4.78, 5) is 6.72. The van der Waals surface area contributed by atoms with Crippen molar-refractivity contribution in [3.8, 4) is 5.69 Å². The van der Waals surface area contributed by atoms with Crippen LogP contribution >= 0.6 is 0 Å². The van der Waals surface area contributed by atoms with Gasteiger partial charge in [0.25, 0.3) is 0 Å². The minimum absolute atomic E-state index is 0.436. The van der Waals surface area contributed by atoms with E-state index in [1.165, 1.54) is 18.4 Å². The largest absolute Gasteiger partial charge is 0.290 e. The van der Waals surface area contributed by atoms with E-state index in [9.17, 15) is 0 Å². The summed E-state index contributed by atoms with van der Waals surface area (Å²) in [6.45, 7) is 1.92. The molecule has 1 aliphatic heterocycles. The summed E-state index contributed by atoms with van der Waals surface area (Å²) in [7, 11) is 0. The fraction of sp³-hybridized carbons (Fsp3) is 0.278. The van der Waals surface area contributed by atoms with Crippen LogP contribution in [-0.4, -0.2) is 31.4 Å². The minimum Gasteiger partial charge on any atom is -0.290 e. The van der Waals surface area contributed by atoms with Gasteiger partial charge in [-0.2, -0.15) is 0 Å². The molecule has 2 aromatic heterocycles. The van der Waals surface area contributed by atoms with Crippen LogP contribution in [0.5, 0.6) is 0 Å². The molecule has 0 aliphatic carbocycles. The van der Waals surface area contributed by atoms with Crippen molar-refractivity contribution in [3.63, 3.8) is 0 Å². The average Bonchev–Trinajstić information content (AvgIpc) is 3.26. The number of aromatic nitrogens is 4. The molecule has 23 heavy (non-hydrogen) atoms. The molecule has 0 amide bonds. The van der Waals surface area contributed by atoms with Crippen LogP contribution in [0, 0.1) is 0 Å². The molecule has 3 heterocycles. The Morgan fingerprint density at radius 1 is 1.09 bits per heavy atom. The quantitative estimate of drug-likeness (QED) is 0.743. The summed E-state index contributed by atoms with van der Waals surface area (Å²) < 4.78 is 1.84. The maximum absolute atomic E-state index is 4.34. The summed E-state index contributed by atoms with van der Waals surface area (Å²) in [5, 5.41) is 8.59. The fourth-order valence-corrected chi connectivity index (χ4v) is 3.25. The van der Waals surface area contributed by atoms with Gasteiger partial charge in [0.05, 0.1) is 17.6 Å². The molecule has 1 aliphatic rings. The summed E-state index contributed by atoms with van der Waals surface area (Å²) in [5.41, 5.74) is 3.33. The van der Waals surface area contributed by atoms with E-state index in [4.69, 9.17) is 0 Å². The number of nitrogens with zero attached hydrogens (tertiary/aromatic N) is 5. The zero-order valence-corrected chi connectivity index (χ0v) is 12.9. The molecule has 1 fully saturated rings. The molecule has 1 aromatic carbocycles. The lowest BCUT2D eigenvalue weighted by molar-refractivity contribution is 0.245. The molecule has 0 spiro atoms. The third-order valence-corrected chi connectivity index (χ3v) is 4.36. The van der Waals surface area contributed by atoms with Gasteiger partial charge in [-0.25, -0.2) is 4.68 Å². The van der Waals surface area contributed by atoms with Gasteiger partial charge >= 0.3 is 0 Å². The van der Waals surface area contributed by atoms with Crippen LogP contribution in [0.1, 0.15) is 30.1 Å². The molecule has 0 radical (unpaired) electrons. The first-order valence-corrected chi connectivity index (χ1v) is 8.01. The van der Waals surface area contributed by atoms with E-state index in [2.05, 4.69) is 26.3 Å². The van der Waals surface area contributed by atoms with E-state index in [1.807, 2.05) is 59.7 Å². The highest BCUT2D eigenvalue weighted by Gasteiger charge is 2.26. The SMILES string of the molecule is c1ccc(-n2cc(CN3CCC[C@@H]3c3cccnc3)nn2)cc1. The van der Waals surface area contributed by atoms with Crippen molar-refractivity contribution in [2.24, 2.45) is 0 Å². The zero-order valence-electron chi connectivity index (χ0n) is 12.9. The lowest BCUT2D eigenvalue weighted by Crippen LogP contribution is -2.23. The van der Waals surface area contributed by atoms with Crippen LogP contribution in [0.15, 0.2) is 61.1 Å². The highest BCUT2D eigenvalue weighted by Crippen LogP contribution is 2.32. The Morgan fingerprint density at radius 3 is 2.83 bits per heavy atom. The van der Waals surface area contributed by atoms with E-state index in [-0.39, 0.29) is 0 Å². The Hall–Kier alpha value is -2.53. The molecule has 5 heteroatoms. The second-order valence-electron chi connectivity index (χ2n) is 5.90. The van der Waals surface area contributed by atoms with Crippen molar-refractivity contribution in [3.05, 3.63) is 72.3 Å². The van der Waals surface area contributed by atoms with Gasteiger partial charge in [0.15, 0.2) is 0 Å². The number of pyridine rings is 1. The molecule has 116 valence electrons. The first-order chi connectivity index (χ1) is 11.4. The minimum atomic E-state index is 0.436. The number of rotatable bonds is 4. The van der Waals surface area contributed by atoms with E-state index in [0.717, 1.165) is 24.5 Å². The van der Waals surface area contributed by atoms with Gasteiger partial charge in [0.1, 0.15) is 0 Å². The number of benzene rings is 1. The first-order valence-electron chi connectivity index (χ1n) is 8.01. The topological polar surface area (TPSA) is 46.8 Å². The lowest BCUT2D eigenvalue weighted by atomic mass is 10.1. The van der Waals surface area contributed by atoms with E-state index < -0.39 is 0 Å². The van der Waals surface area contributed by atoms with E-state index >= 15 is 0 Å². The van der Waals surface area contributed by atoms with Crippen molar-refractivity contribution in [2.75, 3.05) is 6.54 Å². The summed E-state index contributed by atoms with van der Waals surface area (Å²) in [5.74, 6) is 0. The molecular formula is C18H19N5. The predicted octanol–water partition coefficient (Wildman–Crippen LogP) is 3.00. The lowest BCUT2D eigenvalue weighted by Gasteiger charge is -2.23. The van der Waals surface area contributed by atoms with Crippen molar-refractivity contribution in [1.82, 2.24) is 24.9 Å². The second kappa shape index (κ2) is 6.30. The summed E-state index contributed by atoms with van der Waals surface area (Å²) >= 11 is 0. The fourth-order valence-electron chi connectivity index (χ4n) is 3.25. The molecule has 3 aromatic rings. The molecule has 1 saturated heterocycles. The molecular weight excluding hydrogens is 286 g/mol. The smallest absolute Gasteiger partial charge is 0.0972 e. The van der Waals surface area contributed by atoms with Crippen molar-refractivity contribution in [2.45, 2.75) is 25.4 Å². The third-order valence-electron chi connectivity index (χ3n) is 4.36. The number of para-hydroxylation sites is 1. The molecule has 0 unspecified atom stereocenters. The highest BCUT2D eigenvalue weighted by atomic mass is 15.4. The zero-order chi connectivity index (χ0) is 15.5. The Balaban J connectivity index is 1.51. The van der Waals surface area contributed by atoms with Gasteiger partial charge in [-0.05, 0) is 43.1 Å². The van der Waals surface area contributed by atoms with Crippen LogP contribution in [0.3, 0.4) is 0 Å². The Morgan fingerprint density at radius 2 is 2.00 bits per heavy atom. The average molecular weight is 305 g/mol. The molecule has 1 atom stereocenters. The molecule has 0 bridgehead atoms. The van der Waals surface area contributed by atoms with Crippen LogP contribution in [0.4, 0.5) is 0 Å². The molecule has 0 saturated carbocycles. The maximum atomic E-state index is 4.34. The highest BCUT2D eigenvalue weighted by molar-refractivity contribution is 5.30. The molecule has 0 N–H and O–H groups in total. The summed E-state index contributed by atoms with van der Waals surface area (Å²) in [6, 6.07) is 14.7. The Bertz CT molecular complexity index is 753. The monoisotopic (exact) mass is 305 g/mol. The normalized spacial score (nSPS) is 18.3. The third kappa shape index (κ3) is 3.00. The Labute approximate surface area is 135 Å². The van der Waals surface area contributed by atoms with Gasteiger partial charge in [0.2, 0.25) is 0 Å². The van der Waals surface area contributed by atoms with E-state index in [1.54, 1.807) is 0 Å². The van der Waals surface area contributed by atoms with Crippen molar-refractivity contribution >= 4 is 0 Å². The van der Waals surface area contributed by atoms with Gasteiger partial charge < -0.3 is 0 Å². The number of hydrogen-bond donors (Lipinski definition) is 0. The van der Waals surface area contributed by atoms with Gasteiger partial charge in [-0.15, -0.1) is 5.10 Å². The Kier molecular flexibility index (Phi) is 3.86. The van der Waals surface area contributed by atoms with Gasteiger partial charge in [0, 0.05) is 25.0 Å². The summed E-state index contributed by atoms with van der Waals surface area (Å²) in [6.07, 6.45) is 8.22. The van der Waals surface area contributed by atoms with Crippen LogP contribution in [-0.2, 0) is 6.54 Å². The van der Waals surface area contributed by atoms with Gasteiger partial charge in [-0.1, -0.05) is 29.5 Å². The predicted molar refractivity (Wildman–Crippen MR) is 88.0 cm³/mol. The standard InChI is InChI=1S/C18H19N5/c1-2-7-17(8-3-1)23-14-16(20-21-23)13-22-11-5-9-18(22)15-6-4-10-19-12-15/h1-4,6-8,10,12,14,18H,5,9,11,13H2/t18-/m1/s1. The van der Waals surface area contributed by atoms with Crippen LogP contribution in [0.25, 0.3) is 5.69 Å². The maximum Gasteiger partial charge on any atom is 0.0972 e. The van der Waals surface area contributed by atoms with Crippen LogP contribution < -0.4 is 0 Å². The second-order valence-corrected chi connectivity index (χ2v) is 5.90. The van der Waals surface area contributed by atoms with Crippen molar-refractivity contribution < 1.29 is 0 Å². The van der Waals surface area contributed by atoms with E-state index in [0.29, 0.717) is 6.04 Å². The molecule has 4 rings (SSSR count). The van der Waals surface area contributed by atoms with Crippen LogP contribution in [0.2, 0.25) is 0 Å². The van der Waals surface area contributed by atoms with Crippen molar-refractivity contribution in [1.29, 1.82) is 0 Å². The number of likely N-dealkylation sites (tertiary alicyclic amines) is 1. The first kappa shape index (κ1) is 14.1.